The lowest BCUT2D eigenvalue weighted by molar-refractivity contribution is -0.0126. The molecule has 2 saturated carbocycles. The van der Waals surface area contributed by atoms with E-state index in [4.69, 9.17) is 4.74 Å². The van der Waals surface area contributed by atoms with Crippen molar-refractivity contribution >= 4 is 5.97 Å². The first kappa shape index (κ1) is 19.8. The predicted molar refractivity (Wildman–Crippen MR) is 103 cm³/mol. The Labute approximate surface area is 162 Å². The van der Waals surface area contributed by atoms with Crippen LogP contribution in [0.4, 0.5) is 0 Å². The average molecular weight is 370 g/mol. The Hall–Kier alpha value is -1.96. The van der Waals surface area contributed by atoms with E-state index in [1.165, 1.54) is 31.7 Å². The summed E-state index contributed by atoms with van der Waals surface area (Å²) in [7, 11) is 0. The number of unbranched alkanes of at least 4 members (excludes halogenated alkanes) is 2. The lowest BCUT2D eigenvalue weighted by Gasteiger charge is -2.45. The second-order valence-corrected chi connectivity index (χ2v) is 8.47. The lowest BCUT2D eigenvalue weighted by atomic mass is 9.60. The van der Waals surface area contributed by atoms with Crippen LogP contribution in [0.15, 0.2) is 12.4 Å². The highest BCUT2D eigenvalue weighted by Crippen LogP contribution is 2.50. The van der Waals surface area contributed by atoms with Gasteiger partial charge in [0.05, 0.1) is 17.0 Å². The second-order valence-electron chi connectivity index (χ2n) is 8.47. The van der Waals surface area contributed by atoms with Crippen LogP contribution in [0.5, 0.6) is 0 Å². The van der Waals surface area contributed by atoms with Crippen LogP contribution in [0.3, 0.4) is 0 Å². The van der Waals surface area contributed by atoms with Gasteiger partial charge in [0.15, 0.2) is 0 Å². The molecule has 2 aliphatic carbocycles. The number of aromatic nitrogens is 2. The highest BCUT2D eigenvalue weighted by molar-refractivity contribution is 5.88. The number of hydrogen-bond acceptors (Lipinski definition) is 5. The van der Waals surface area contributed by atoms with E-state index >= 15 is 0 Å². The van der Waals surface area contributed by atoms with Crippen LogP contribution in [-0.4, -0.2) is 22.0 Å². The fraction of sp³-hybridized carbons (Fsp3) is 0.727. The highest BCUT2D eigenvalue weighted by atomic mass is 16.5. The quantitative estimate of drug-likeness (QED) is 0.521. The summed E-state index contributed by atoms with van der Waals surface area (Å²) < 4.78 is 5.74. The van der Waals surface area contributed by atoms with Gasteiger partial charge in [0.25, 0.3) is 0 Å². The lowest BCUT2D eigenvalue weighted by Crippen LogP contribution is -2.39. The molecule has 2 fully saturated rings. The average Bonchev–Trinajstić information content (AvgIpc) is 2.68. The Bertz CT molecular complexity index is 682. The Morgan fingerprint density at radius 3 is 2.74 bits per heavy atom. The molecule has 5 heteroatoms. The smallest absolute Gasteiger partial charge is 0.341 e. The van der Waals surface area contributed by atoms with Gasteiger partial charge in [-0.1, -0.05) is 26.2 Å². The minimum Gasteiger partial charge on any atom is -0.459 e. The molecule has 146 valence electrons. The van der Waals surface area contributed by atoms with Crippen molar-refractivity contribution in [3.05, 3.63) is 23.8 Å². The number of esters is 1. The summed E-state index contributed by atoms with van der Waals surface area (Å²) in [6, 6.07) is 2.68. The van der Waals surface area contributed by atoms with Gasteiger partial charge in [-0.25, -0.2) is 14.8 Å². The molecular weight excluding hydrogens is 338 g/mol. The molecule has 0 radical (unpaired) electrons. The van der Waals surface area contributed by atoms with E-state index in [2.05, 4.69) is 23.0 Å². The van der Waals surface area contributed by atoms with E-state index in [1.54, 1.807) is 6.92 Å². The highest BCUT2D eigenvalue weighted by Gasteiger charge is 2.43. The van der Waals surface area contributed by atoms with Gasteiger partial charge in [-0.05, 0) is 63.7 Å². The van der Waals surface area contributed by atoms with Gasteiger partial charge < -0.3 is 4.74 Å². The fourth-order valence-electron chi connectivity index (χ4n) is 4.89. The van der Waals surface area contributed by atoms with E-state index in [1.807, 2.05) is 0 Å². The Morgan fingerprint density at radius 1 is 1.26 bits per heavy atom. The summed E-state index contributed by atoms with van der Waals surface area (Å²) in [5.41, 5.74) is 0.310. The zero-order chi connectivity index (χ0) is 19.3. The number of carbonyl (C=O) groups is 1. The minimum absolute atomic E-state index is 0.0188. The van der Waals surface area contributed by atoms with Crippen molar-refractivity contribution in [2.24, 2.45) is 17.3 Å². The van der Waals surface area contributed by atoms with Gasteiger partial charge >= 0.3 is 5.97 Å². The molecule has 3 rings (SSSR count). The van der Waals surface area contributed by atoms with E-state index in [0.29, 0.717) is 23.2 Å². The predicted octanol–water partition coefficient (Wildman–Crippen LogP) is 5.00. The Morgan fingerprint density at radius 2 is 2.04 bits per heavy atom. The number of aryl methyl sites for hydroxylation is 1. The van der Waals surface area contributed by atoms with Crippen LogP contribution in [-0.2, 0) is 4.74 Å². The van der Waals surface area contributed by atoms with Crippen molar-refractivity contribution < 1.29 is 9.53 Å². The van der Waals surface area contributed by atoms with Gasteiger partial charge in [-0.15, -0.1) is 0 Å². The normalized spacial score (nSPS) is 30.2. The number of hydrogen-bond donors (Lipinski definition) is 0. The molecule has 0 aromatic carbocycles. The van der Waals surface area contributed by atoms with Crippen molar-refractivity contribution in [2.45, 2.75) is 84.2 Å². The van der Waals surface area contributed by atoms with E-state index in [0.717, 1.165) is 44.9 Å². The standard InChI is InChI=1S/C22H31N3O2/c1-3-4-5-9-22(15-23)10-8-17-11-20(7-6-18(17)12-22)27-21(26)19-13-24-16(2)25-14-19/h13-14,17-18,20H,3-12H2,1-2H3/t17-,18?,20?,22+/m1/s1. The summed E-state index contributed by atoms with van der Waals surface area (Å²) in [6.45, 7) is 4.00. The molecule has 0 amide bonds. The number of carbonyl (C=O) groups excluding carboxylic acids is 1. The third kappa shape index (κ3) is 4.86. The molecular formula is C22H31N3O2. The topological polar surface area (TPSA) is 75.9 Å². The second kappa shape index (κ2) is 8.82. The summed E-state index contributed by atoms with van der Waals surface area (Å²) >= 11 is 0. The van der Waals surface area contributed by atoms with Gasteiger partial charge in [0.2, 0.25) is 0 Å². The van der Waals surface area contributed by atoms with Gasteiger partial charge in [0, 0.05) is 12.4 Å². The first-order valence-electron chi connectivity index (χ1n) is 10.5. The molecule has 2 unspecified atom stereocenters. The molecule has 0 N–H and O–H groups in total. The molecule has 4 atom stereocenters. The third-order valence-electron chi connectivity index (χ3n) is 6.52. The van der Waals surface area contributed by atoms with E-state index in [9.17, 15) is 10.1 Å². The summed E-state index contributed by atoms with van der Waals surface area (Å²) in [5.74, 6) is 1.52. The Kier molecular flexibility index (Phi) is 6.46. The molecule has 0 aliphatic heterocycles. The SMILES string of the molecule is CCCCC[C@]1(C#N)CC[C@@H]2CC(OC(=O)c3cnc(C)nc3)CCC2C1. The molecule has 0 bridgehead atoms. The monoisotopic (exact) mass is 369 g/mol. The van der Waals surface area contributed by atoms with Crippen molar-refractivity contribution in [3.8, 4) is 6.07 Å². The molecule has 0 saturated heterocycles. The first-order chi connectivity index (χ1) is 13.0. The van der Waals surface area contributed by atoms with Crippen LogP contribution in [0, 0.1) is 35.5 Å². The maximum atomic E-state index is 12.3. The number of rotatable bonds is 6. The van der Waals surface area contributed by atoms with Crippen molar-refractivity contribution in [3.63, 3.8) is 0 Å². The first-order valence-corrected chi connectivity index (χ1v) is 10.5. The Balaban J connectivity index is 1.53. The van der Waals surface area contributed by atoms with Gasteiger partial charge in [0.1, 0.15) is 11.9 Å². The van der Waals surface area contributed by atoms with Crippen LogP contribution >= 0.6 is 0 Å². The molecule has 1 aromatic heterocycles. The van der Waals surface area contributed by atoms with E-state index < -0.39 is 0 Å². The van der Waals surface area contributed by atoms with Crippen LogP contribution in [0.1, 0.15) is 87.3 Å². The van der Waals surface area contributed by atoms with Gasteiger partial charge in [-0.3, -0.25) is 0 Å². The summed E-state index contributed by atoms with van der Waals surface area (Å²) in [4.78, 5) is 20.5. The van der Waals surface area contributed by atoms with Crippen molar-refractivity contribution in [2.75, 3.05) is 0 Å². The van der Waals surface area contributed by atoms with Crippen LogP contribution in [0.2, 0.25) is 0 Å². The zero-order valence-electron chi connectivity index (χ0n) is 16.6. The van der Waals surface area contributed by atoms with E-state index in [-0.39, 0.29) is 17.5 Å². The number of ether oxygens (including phenoxy) is 1. The number of nitriles is 1. The van der Waals surface area contributed by atoms with Crippen molar-refractivity contribution in [1.82, 2.24) is 9.97 Å². The fourth-order valence-corrected chi connectivity index (χ4v) is 4.89. The molecule has 1 heterocycles. The van der Waals surface area contributed by atoms with Crippen LogP contribution in [0.25, 0.3) is 0 Å². The zero-order valence-corrected chi connectivity index (χ0v) is 16.6. The number of nitrogens with zero attached hydrogens (tertiary/aromatic N) is 3. The maximum Gasteiger partial charge on any atom is 0.341 e. The third-order valence-corrected chi connectivity index (χ3v) is 6.52. The molecule has 27 heavy (non-hydrogen) atoms. The van der Waals surface area contributed by atoms with Crippen molar-refractivity contribution in [1.29, 1.82) is 5.26 Å². The van der Waals surface area contributed by atoms with Gasteiger partial charge in [-0.2, -0.15) is 5.26 Å². The van der Waals surface area contributed by atoms with Crippen LogP contribution < -0.4 is 0 Å². The largest absolute Gasteiger partial charge is 0.459 e. The molecule has 5 nitrogen and oxygen atoms in total. The maximum absolute atomic E-state index is 12.3. The molecule has 1 aromatic rings. The minimum atomic E-state index is -0.319. The molecule has 2 aliphatic rings. The summed E-state index contributed by atoms with van der Waals surface area (Å²) in [6.07, 6.45) is 13.7. The summed E-state index contributed by atoms with van der Waals surface area (Å²) in [5, 5.41) is 9.82. The molecule has 0 spiro atoms. The number of fused-ring (bicyclic) bond motifs is 1.